The van der Waals surface area contributed by atoms with Gasteiger partial charge in [0.2, 0.25) is 0 Å². The first kappa shape index (κ1) is 11.2. The van der Waals surface area contributed by atoms with E-state index in [4.69, 9.17) is 11.6 Å². The predicted octanol–water partition coefficient (Wildman–Crippen LogP) is 4.33. The van der Waals surface area contributed by atoms with Crippen LogP contribution >= 0.6 is 11.6 Å². The van der Waals surface area contributed by atoms with Crippen LogP contribution in [0.3, 0.4) is 0 Å². The Labute approximate surface area is 108 Å². The van der Waals surface area contributed by atoms with Gasteiger partial charge in [0, 0.05) is 5.56 Å². The lowest BCUT2D eigenvalue weighted by Gasteiger charge is -1.98. The highest BCUT2D eigenvalue weighted by Crippen LogP contribution is 2.25. The molecule has 0 atom stereocenters. The van der Waals surface area contributed by atoms with Crippen molar-refractivity contribution in [3.8, 4) is 11.4 Å². The number of imidazole rings is 1. The summed E-state index contributed by atoms with van der Waals surface area (Å²) in [7, 11) is 0. The summed E-state index contributed by atoms with van der Waals surface area (Å²) in [6.07, 6.45) is 0. The second-order valence-corrected chi connectivity index (χ2v) is 4.59. The third-order valence-electron chi connectivity index (χ3n) is 2.91. The maximum absolute atomic E-state index is 13.4. The highest BCUT2D eigenvalue weighted by atomic mass is 35.5. The Morgan fingerprint density at radius 2 is 2.06 bits per heavy atom. The van der Waals surface area contributed by atoms with Crippen molar-refractivity contribution in [1.82, 2.24) is 9.97 Å². The fourth-order valence-corrected chi connectivity index (χ4v) is 2.07. The quantitative estimate of drug-likeness (QED) is 0.693. The second-order valence-electron chi connectivity index (χ2n) is 4.19. The number of fused-ring (bicyclic) bond motifs is 1. The monoisotopic (exact) mass is 260 g/mol. The first-order chi connectivity index (χ1) is 8.65. The molecule has 0 unspecified atom stereocenters. The average Bonchev–Trinajstić information content (AvgIpc) is 2.78. The molecule has 0 spiro atoms. The number of aromatic nitrogens is 2. The molecule has 1 heterocycles. The van der Waals surface area contributed by atoms with E-state index in [2.05, 4.69) is 9.97 Å². The summed E-state index contributed by atoms with van der Waals surface area (Å²) in [5, 5.41) is 0.117. The van der Waals surface area contributed by atoms with Crippen molar-refractivity contribution in [2.75, 3.05) is 0 Å². The summed E-state index contributed by atoms with van der Waals surface area (Å²) < 4.78 is 13.4. The Balaban J connectivity index is 2.19. The molecule has 0 aliphatic carbocycles. The Hall–Kier alpha value is -1.87. The van der Waals surface area contributed by atoms with E-state index in [0.717, 1.165) is 16.6 Å². The zero-order valence-electron chi connectivity index (χ0n) is 9.67. The lowest BCUT2D eigenvalue weighted by Crippen LogP contribution is -1.83. The number of para-hydroxylation sites is 1. The van der Waals surface area contributed by atoms with Crippen LogP contribution in [0.1, 0.15) is 5.56 Å². The minimum absolute atomic E-state index is 0.117. The molecule has 1 aromatic heterocycles. The van der Waals surface area contributed by atoms with Gasteiger partial charge in [0.05, 0.1) is 16.1 Å². The van der Waals surface area contributed by atoms with Gasteiger partial charge in [0.15, 0.2) is 0 Å². The highest BCUT2D eigenvalue weighted by molar-refractivity contribution is 6.30. The van der Waals surface area contributed by atoms with Gasteiger partial charge in [0.1, 0.15) is 11.6 Å². The molecular formula is C14H10ClFN2. The summed E-state index contributed by atoms with van der Waals surface area (Å²) in [5.74, 6) is 0.209. The average molecular weight is 261 g/mol. The molecule has 0 bridgehead atoms. The highest BCUT2D eigenvalue weighted by Gasteiger charge is 2.08. The zero-order chi connectivity index (χ0) is 12.7. The van der Waals surface area contributed by atoms with Gasteiger partial charge in [-0.1, -0.05) is 23.7 Å². The first-order valence-corrected chi connectivity index (χ1v) is 5.94. The summed E-state index contributed by atoms with van der Waals surface area (Å²) in [6, 6.07) is 10.6. The number of benzene rings is 2. The van der Waals surface area contributed by atoms with E-state index in [1.54, 1.807) is 6.07 Å². The van der Waals surface area contributed by atoms with Crippen LogP contribution in [0.4, 0.5) is 4.39 Å². The van der Waals surface area contributed by atoms with Gasteiger partial charge in [0.25, 0.3) is 0 Å². The molecule has 2 aromatic carbocycles. The van der Waals surface area contributed by atoms with Crippen LogP contribution in [0, 0.1) is 12.7 Å². The molecule has 3 rings (SSSR count). The lowest BCUT2D eigenvalue weighted by molar-refractivity contribution is 0.628. The first-order valence-electron chi connectivity index (χ1n) is 5.56. The van der Waals surface area contributed by atoms with Crippen molar-refractivity contribution in [3.63, 3.8) is 0 Å². The Morgan fingerprint density at radius 1 is 1.22 bits per heavy atom. The number of hydrogen-bond acceptors (Lipinski definition) is 1. The third kappa shape index (κ3) is 1.77. The van der Waals surface area contributed by atoms with Gasteiger partial charge in [-0.25, -0.2) is 9.37 Å². The number of aromatic amines is 1. The maximum atomic E-state index is 13.4. The third-order valence-corrected chi connectivity index (χ3v) is 3.21. The van der Waals surface area contributed by atoms with Crippen LogP contribution in [-0.2, 0) is 0 Å². The molecule has 0 fully saturated rings. The van der Waals surface area contributed by atoms with E-state index in [1.807, 2.05) is 25.1 Å². The number of halogens is 2. The summed E-state index contributed by atoms with van der Waals surface area (Å²) in [5.41, 5.74) is 3.63. The molecule has 1 N–H and O–H groups in total. The lowest BCUT2D eigenvalue weighted by atomic mass is 10.2. The number of aryl methyl sites for hydroxylation is 1. The second kappa shape index (κ2) is 4.10. The van der Waals surface area contributed by atoms with Crippen LogP contribution in [0.15, 0.2) is 36.4 Å². The van der Waals surface area contributed by atoms with Gasteiger partial charge in [-0.05, 0) is 36.8 Å². The fraction of sp³-hybridized carbons (Fsp3) is 0.0714. The van der Waals surface area contributed by atoms with Gasteiger partial charge < -0.3 is 4.98 Å². The smallest absolute Gasteiger partial charge is 0.142 e. The molecule has 0 saturated heterocycles. The van der Waals surface area contributed by atoms with E-state index in [9.17, 15) is 4.39 Å². The van der Waals surface area contributed by atoms with E-state index in [-0.39, 0.29) is 5.02 Å². The maximum Gasteiger partial charge on any atom is 0.142 e. The zero-order valence-corrected chi connectivity index (χ0v) is 10.4. The number of nitrogens with one attached hydrogen (secondary N) is 1. The molecule has 0 radical (unpaired) electrons. The summed E-state index contributed by atoms with van der Waals surface area (Å²) in [4.78, 5) is 7.67. The molecule has 2 nitrogen and oxygen atoms in total. The molecule has 3 aromatic rings. The van der Waals surface area contributed by atoms with E-state index < -0.39 is 5.82 Å². The van der Waals surface area contributed by atoms with Crippen LogP contribution in [0.5, 0.6) is 0 Å². The van der Waals surface area contributed by atoms with Gasteiger partial charge >= 0.3 is 0 Å². The van der Waals surface area contributed by atoms with Crippen molar-refractivity contribution in [3.05, 3.63) is 52.8 Å². The van der Waals surface area contributed by atoms with Crippen LogP contribution in [0.25, 0.3) is 22.4 Å². The molecule has 0 aliphatic heterocycles. The fourth-order valence-electron chi connectivity index (χ4n) is 1.96. The van der Waals surface area contributed by atoms with Crippen molar-refractivity contribution < 1.29 is 4.39 Å². The molecule has 4 heteroatoms. The molecule has 18 heavy (non-hydrogen) atoms. The standard InChI is InChI=1S/C14H10ClFN2/c1-8-3-2-4-12-13(8)18-14(17-12)9-5-6-10(15)11(16)7-9/h2-7H,1H3,(H,17,18). The molecule has 0 amide bonds. The van der Waals surface area contributed by atoms with Crippen LogP contribution in [-0.4, -0.2) is 9.97 Å². The Morgan fingerprint density at radius 3 is 2.78 bits per heavy atom. The Bertz CT molecular complexity index is 734. The van der Waals surface area contributed by atoms with Crippen molar-refractivity contribution in [2.45, 2.75) is 6.92 Å². The largest absolute Gasteiger partial charge is 0.338 e. The SMILES string of the molecule is Cc1cccc2[nH]c(-c3ccc(Cl)c(F)c3)nc12. The van der Waals surface area contributed by atoms with E-state index in [1.165, 1.54) is 12.1 Å². The molecule has 90 valence electrons. The van der Waals surface area contributed by atoms with Crippen molar-refractivity contribution in [1.29, 1.82) is 0 Å². The summed E-state index contributed by atoms with van der Waals surface area (Å²) >= 11 is 5.67. The number of hydrogen-bond donors (Lipinski definition) is 1. The number of rotatable bonds is 1. The summed E-state index contributed by atoms with van der Waals surface area (Å²) in [6.45, 7) is 2.00. The Kier molecular flexibility index (Phi) is 2.56. The number of H-pyrrole nitrogens is 1. The van der Waals surface area contributed by atoms with E-state index in [0.29, 0.717) is 11.4 Å². The molecular weight excluding hydrogens is 251 g/mol. The topological polar surface area (TPSA) is 28.7 Å². The van der Waals surface area contributed by atoms with Crippen LogP contribution in [0.2, 0.25) is 5.02 Å². The van der Waals surface area contributed by atoms with Crippen molar-refractivity contribution >= 4 is 22.6 Å². The number of nitrogens with zero attached hydrogens (tertiary/aromatic N) is 1. The minimum Gasteiger partial charge on any atom is -0.338 e. The molecule has 0 aliphatic rings. The van der Waals surface area contributed by atoms with Gasteiger partial charge in [-0.15, -0.1) is 0 Å². The normalized spacial score (nSPS) is 11.1. The molecule has 0 saturated carbocycles. The van der Waals surface area contributed by atoms with Gasteiger partial charge in [-0.2, -0.15) is 0 Å². The van der Waals surface area contributed by atoms with E-state index >= 15 is 0 Å². The van der Waals surface area contributed by atoms with Crippen LogP contribution < -0.4 is 0 Å². The van der Waals surface area contributed by atoms with Gasteiger partial charge in [-0.3, -0.25) is 0 Å². The minimum atomic E-state index is -0.439. The predicted molar refractivity (Wildman–Crippen MR) is 71.2 cm³/mol. The van der Waals surface area contributed by atoms with Crippen molar-refractivity contribution in [2.24, 2.45) is 0 Å².